The minimum atomic E-state index is -0.335. The number of β-amino-alcohol motifs (C(OH)–C–C–N with tert-alkyl or cyclic N) is 1. The molecule has 1 rings (SSSR count). The predicted octanol–water partition coefficient (Wildman–Crippen LogP) is 1.94. The highest BCUT2D eigenvalue weighted by molar-refractivity contribution is 5.76. The minimum absolute atomic E-state index is 0.227. The lowest BCUT2D eigenvalue weighted by Gasteiger charge is -2.27. The molecule has 0 aromatic heterocycles. The smallest absolute Gasteiger partial charge is 0.222 e. The lowest BCUT2D eigenvalue weighted by molar-refractivity contribution is -0.133. The first-order valence-electron chi connectivity index (χ1n) is 6.20. The first-order chi connectivity index (χ1) is 7.24. The second-order valence-electron chi connectivity index (χ2n) is 4.45. The van der Waals surface area contributed by atoms with Gasteiger partial charge < -0.3 is 10.0 Å². The van der Waals surface area contributed by atoms with Crippen LogP contribution in [0.2, 0.25) is 0 Å². The van der Waals surface area contributed by atoms with Gasteiger partial charge in [0.2, 0.25) is 5.91 Å². The van der Waals surface area contributed by atoms with Crippen molar-refractivity contribution in [1.82, 2.24) is 4.90 Å². The van der Waals surface area contributed by atoms with Gasteiger partial charge in [-0.3, -0.25) is 4.79 Å². The van der Waals surface area contributed by atoms with E-state index in [1.54, 1.807) is 0 Å². The molecule has 0 aromatic rings. The highest BCUT2D eigenvalue weighted by atomic mass is 16.3. The van der Waals surface area contributed by atoms with E-state index in [0.29, 0.717) is 13.0 Å². The van der Waals surface area contributed by atoms with Crippen LogP contribution >= 0.6 is 0 Å². The van der Waals surface area contributed by atoms with E-state index >= 15 is 0 Å². The van der Waals surface area contributed by atoms with Crippen LogP contribution in [0.3, 0.4) is 0 Å². The van der Waals surface area contributed by atoms with Crippen molar-refractivity contribution in [3.8, 4) is 0 Å². The van der Waals surface area contributed by atoms with Crippen molar-refractivity contribution in [2.24, 2.45) is 0 Å². The van der Waals surface area contributed by atoms with Crippen LogP contribution in [-0.2, 0) is 4.79 Å². The van der Waals surface area contributed by atoms with Crippen LogP contribution in [0.4, 0.5) is 0 Å². The summed E-state index contributed by atoms with van der Waals surface area (Å²) in [5.74, 6) is 0.227. The van der Waals surface area contributed by atoms with Gasteiger partial charge in [-0.25, -0.2) is 0 Å². The topological polar surface area (TPSA) is 40.5 Å². The molecule has 1 amide bonds. The molecule has 1 atom stereocenters. The summed E-state index contributed by atoms with van der Waals surface area (Å²) < 4.78 is 0. The standard InChI is InChI=1S/C12H23NO2/c1-2-7-11(14)10-13-9-6-4-3-5-8-12(13)15/h11,14H,2-10H2,1H3. The number of aliphatic hydroxyl groups is 1. The Morgan fingerprint density at radius 3 is 2.80 bits per heavy atom. The van der Waals surface area contributed by atoms with Crippen LogP contribution in [-0.4, -0.2) is 35.1 Å². The maximum atomic E-state index is 11.7. The Morgan fingerprint density at radius 2 is 2.07 bits per heavy atom. The summed E-state index contributed by atoms with van der Waals surface area (Å²) in [6, 6.07) is 0. The Kier molecular flexibility index (Phi) is 5.69. The summed E-state index contributed by atoms with van der Waals surface area (Å²) in [5, 5.41) is 9.69. The van der Waals surface area contributed by atoms with Crippen LogP contribution in [0.5, 0.6) is 0 Å². The molecule has 1 heterocycles. The molecule has 0 saturated carbocycles. The fourth-order valence-electron chi connectivity index (χ4n) is 2.09. The van der Waals surface area contributed by atoms with Gasteiger partial charge in [0.15, 0.2) is 0 Å². The van der Waals surface area contributed by atoms with Crippen LogP contribution in [0, 0.1) is 0 Å². The number of amides is 1. The summed E-state index contributed by atoms with van der Waals surface area (Å²) >= 11 is 0. The number of hydrogen-bond donors (Lipinski definition) is 1. The molecule has 1 fully saturated rings. The maximum absolute atomic E-state index is 11.7. The van der Waals surface area contributed by atoms with Gasteiger partial charge in [-0.05, 0) is 19.3 Å². The number of likely N-dealkylation sites (tertiary alicyclic amines) is 1. The molecule has 0 aromatic carbocycles. The van der Waals surface area contributed by atoms with E-state index in [9.17, 15) is 9.90 Å². The molecular weight excluding hydrogens is 190 g/mol. The summed E-state index contributed by atoms with van der Waals surface area (Å²) in [6.45, 7) is 3.42. The molecule has 1 aliphatic rings. The molecule has 1 aliphatic heterocycles. The third kappa shape index (κ3) is 4.65. The zero-order chi connectivity index (χ0) is 11.1. The van der Waals surface area contributed by atoms with Crippen molar-refractivity contribution < 1.29 is 9.90 Å². The summed E-state index contributed by atoms with van der Waals surface area (Å²) in [7, 11) is 0. The Labute approximate surface area is 92.5 Å². The van der Waals surface area contributed by atoms with Crippen molar-refractivity contribution >= 4 is 5.91 Å². The van der Waals surface area contributed by atoms with Gasteiger partial charge in [0, 0.05) is 19.5 Å². The van der Waals surface area contributed by atoms with E-state index in [4.69, 9.17) is 0 Å². The zero-order valence-corrected chi connectivity index (χ0v) is 9.74. The highest BCUT2D eigenvalue weighted by Crippen LogP contribution is 2.12. The van der Waals surface area contributed by atoms with Gasteiger partial charge in [-0.15, -0.1) is 0 Å². The second-order valence-corrected chi connectivity index (χ2v) is 4.45. The van der Waals surface area contributed by atoms with E-state index in [-0.39, 0.29) is 12.0 Å². The lowest BCUT2D eigenvalue weighted by Crippen LogP contribution is -2.38. The van der Waals surface area contributed by atoms with Crippen LogP contribution in [0.1, 0.15) is 51.9 Å². The minimum Gasteiger partial charge on any atom is -0.391 e. The molecular formula is C12H23NO2. The summed E-state index contributed by atoms with van der Waals surface area (Å²) in [6.07, 6.45) is 6.60. The molecule has 3 nitrogen and oxygen atoms in total. The quantitative estimate of drug-likeness (QED) is 0.775. The lowest BCUT2D eigenvalue weighted by atomic mass is 10.1. The molecule has 0 aliphatic carbocycles. The summed E-state index contributed by atoms with van der Waals surface area (Å²) in [4.78, 5) is 13.6. The molecule has 0 radical (unpaired) electrons. The van der Waals surface area contributed by atoms with E-state index in [1.165, 1.54) is 12.8 Å². The Morgan fingerprint density at radius 1 is 1.33 bits per heavy atom. The number of nitrogens with zero attached hydrogens (tertiary/aromatic N) is 1. The van der Waals surface area contributed by atoms with Gasteiger partial charge in [-0.1, -0.05) is 26.2 Å². The second kappa shape index (κ2) is 6.83. The monoisotopic (exact) mass is 213 g/mol. The van der Waals surface area contributed by atoms with E-state index < -0.39 is 0 Å². The predicted molar refractivity (Wildman–Crippen MR) is 60.6 cm³/mol. The molecule has 1 saturated heterocycles. The highest BCUT2D eigenvalue weighted by Gasteiger charge is 2.17. The molecule has 0 bridgehead atoms. The van der Waals surface area contributed by atoms with Crippen molar-refractivity contribution in [3.05, 3.63) is 0 Å². The number of aliphatic hydroxyl groups excluding tert-OH is 1. The number of carbonyl (C=O) groups excluding carboxylic acids is 1. The molecule has 3 heteroatoms. The third-order valence-corrected chi connectivity index (χ3v) is 2.97. The van der Waals surface area contributed by atoms with Crippen LogP contribution in [0.25, 0.3) is 0 Å². The van der Waals surface area contributed by atoms with E-state index in [0.717, 1.165) is 32.2 Å². The average molecular weight is 213 g/mol. The largest absolute Gasteiger partial charge is 0.391 e. The maximum Gasteiger partial charge on any atom is 0.222 e. The third-order valence-electron chi connectivity index (χ3n) is 2.97. The number of carbonyl (C=O) groups is 1. The molecule has 1 N–H and O–H groups in total. The average Bonchev–Trinajstić information content (AvgIpc) is 2.18. The van der Waals surface area contributed by atoms with Gasteiger partial charge in [-0.2, -0.15) is 0 Å². The van der Waals surface area contributed by atoms with Crippen molar-refractivity contribution in [1.29, 1.82) is 0 Å². The SMILES string of the molecule is CCCC(O)CN1CCCCCCC1=O. The Balaban J connectivity index is 2.38. The van der Waals surface area contributed by atoms with Crippen molar-refractivity contribution in [2.75, 3.05) is 13.1 Å². The van der Waals surface area contributed by atoms with Gasteiger partial charge >= 0.3 is 0 Å². The van der Waals surface area contributed by atoms with E-state index in [1.807, 2.05) is 4.90 Å². The van der Waals surface area contributed by atoms with Crippen molar-refractivity contribution in [2.45, 2.75) is 58.0 Å². The zero-order valence-electron chi connectivity index (χ0n) is 9.74. The van der Waals surface area contributed by atoms with Crippen LogP contribution < -0.4 is 0 Å². The number of rotatable bonds is 4. The number of hydrogen-bond acceptors (Lipinski definition) is 2. The van der Waals surface area contributed by atoms with Gasteiger partial charge in [0.05, 0.1) is 6.10 Å². The Hall–Kier alpha value is -0.570. The fraction of sp³-hybridized carbons (Fsp3) is 0.917. The normalized spacial score (nSPS) is 20.9. The fourth-order valence-corrected chi connectivity index (χ4v) is 2.09. The summed E-state index contributed by atoms with van der Waals surface area (Å²) in [5.41, 5.74) is 0. The molecule has 88 valence electrons. The van der Waals surface area contributed by atoms with Gasteiger partial charge in [0.25, 0.3) is 0 Å². The molecule has 0 spiro atoms. The first kappa shape index (κ1) is 12.5. The Bertz CT molecular complexity index is 194. The molecule has 15 heavy (non-hydrogen) atoms. The van der Waals surface area contributed by atoms with Crippen molar-refractivity contribution in [3.63, 3.8) is 0 Å². The molecule has 1 unspecified atom stereocenters. The van der Waals surface area contributed by atoms with Gasteiger partial charge in [0.1, 0.15) is 0 Å². The van der Waals surface area contributed by atoms with E-state index in [2.05, 4.69) is 6.92 Å². The van der Waals surface area contributed by atoms with Crippen LogP contribution in [0.15, 0.2) is 0 Å². The first-order valence-corrected chi connectivity index (χ1v) is 6.20.